The molecule has 10 nitrogen and oxygen atoms in total. The molecule has 2 aliphatic heterocycles. The number of hydrogen-bond donors (Lipinski definition) is 7. The Morgan fingerprint density at radius 2 is 1.55 bits per heavy atom. The number of rotatable bonds is 4. The molecule has 130 valence electrons. The zero-order valence-electron chi connectivity index (χ0n) is 11.7. The van der Waals surface area contributed by atoms with Crippen LogP contribution in [0.4, 0.5) is 0 Å². The Labute approximate surface area is 126 Å². The molecule has 9 unspecified atom stereocenters. The van der Waals surface area contributed by atoms with Crippen LogP contribution in [0.3, 0.4) is 0 Å². The van der Waals surface area contributed by atoms with Crippen LogP contribution in [-0.2, 0) is 14.2 Å². The molecule has 22 heavy (non-hydrogen) atoms. The van der Waals surface area contributed by atoms with Gasteiger partial charge in [-0.2, -0.15) is 0 Å². The van der Waals surface area contributed by atoms with E-state index in [-0.39, 0.29) is 6.42 Å². The molecule has 0 aromatic heterocycles. The molecular weight excluding hydrogens is 304 g/mol. The third-order valence-electron chi connectivity index (χ3n) is 3.84. The predicted molar refractivity (Wildman–Crippen MR) is 67.2 cm³/mol. The van der Waals surface area contributed by atoms with E-state index in [1.165, 1.54) is 0 Å². The Bertz CT molecular complexity index is 353. The van der Waals surface area contributed by atoms with E-state index in [2.05, 4.69) is 0 Å². The van der Waals surface area contributed by atoms with Gasteiger partial charge >= 0.3 is 0 Å². The van der Waals surface area contributed by atoms with Gasteiger partial charge in [0.15, 0.2) is 12.6 Å². The summed E-state index contributed by atoms with van der Waals surface area (Å²) in [4.78, 5) is 0. The molecule has 2 aliphatic rings. The van der Waals surface area contributed by atoms with Gasteiger partial charge in [0.05, 0.1) is 25.4 Å². The van der Waals surface area contributed by atoms with Crippen molar-refractivity contribution in [1.29, 1.82) is 0 Å². The molecule has 2 fully saturated rings. The van der Waals surface area contributed by atoms with Crippen LogP contribution in [0.15, 0.2) is 0 Å². The van der Waals surface area contributed by atoms with Crippen LogP contribution in [0.1, 0.15) is 6.42 Å². The fourth-order valence-corrected chi connectivity index (χ4v) is 2.54. The van der Waals surface area contributed by atoms with Crippen molar-refractivity contribution < 1.29 is 50.0 Å². The first kappa shape index (κ1) is 17.9. The average Bonchev–Trinajstić information content (AvgIpc) is 2.51. The summed E-state index contributed by atoms with van der Waals surface area (Å²) in [6.07, 6.45) is -12.3. The van der Waals surface area contributed by atoms with Gasteiger partial charge in [0, 0.05) is 6.42 Å². The maximum absolute atomic E-state index is 9.94. The number of hydrogen-bond acceptors (Lipinski definition) is 10. The van der Waals surface area contributed by atoms with E-state index in [0.29, 0.717) is 0 Å². The quantitative estimate of drug-likeness (QED) is 0.268. The summed E-state index contributed by atoms with van der Waals surface area (Å²) >= 11 is 0. The molecular formula is C12H22O10. The van der Waals surface area contributed by atoms with Crippen LogP contribution in [0.25, 0.3) is 0 Å². The Kier molecular flexibility index (Phi) is 6.07. The summed E-state index contributed by atoms with van der Waals surface area (Å²) in [5, 5.41) is 66.8. The van der Waals surface area contributed by atoms with E-state index >= 15 is 0 Å². The second-order valence-corrected chi connectivity index (χ2v) is 5.43. The molecule has 0 saturated carbocycles. The molecule has 0 radical (unpaired) electrons. The molecule has 9 atom stereocenters. The largest absolute Gasteiger partial charge is 0.394 e. The monoisotopic (exact) mass is 326 g/mol. The fraction of sp³-hybridized carbons (Fsp3) is 1.00. The summed E-state index contributed by atoms with van der Waals surface area (Å²) in [5.74, 6) is 0. The van der Waals surface area contributed by atoms with E-state index < -0.39 is 68.5 Å². The Balaban J connectivity index is 2.08. The second kappa shape index (κ2) is 7.45. The van der Waals surface area contributed by atoms with E-state index in [1.54, 1.807) is 0 Å². The molecule has 0 aromatic carbocycles. The standard InChI is InChI=1S/C12H22O10/c13-2-4-1-5(15)7(16)12(20-4)22-10-6(3-14)21-11(19)9(18)8(10)17/h4-19H,1-3H2. The summed E-state index contributed by atoms with van der Waals surface area (Å²) < 4.78 is 15.5. The van der Waals surface area contributed by atoms with Crippen molar-refractivity contribution in [2.75, 3.05) is 13.2 Å². The van der Waals surface area contributed by atoms with E-state index in [4.69, 9.17) is 19.3 Å². The number of aliphatic hydroxyl groups is 7. The lowest BCUT2D eigenvalue weighted by atomic mass is 9.98. The molecule has 0 aliphatic carbocycles. The SMILES string of the molecule is OCC1CC(O)C(O)C(OC2C(CO)OC(O)C(O)C2O)O1. The first-order valence-electron chi connectivity index (χ1n) is 6.97. The molecule has 0 amide bonds. The first-order valence-corrected chi connectivity index (χ1v) is 6.97. The lowest BCUT2D eigenvalue weighted by molar-refractivity contribution is -0.344. The minimum Gasteiger partial charge on any atom is -0.394 e. The lowest BCUT2D eigenvalue weighted by Gasteiger charge is -2.44. The Morgan fingerprint density at radius 1 is 0.864 bits per heavy atom. The number of aliphatic hydroxyl groups excluding tert-OH is 7. The van der Waals surface area contributed by atoms with Crippen LogP contribution < -0.4 is 0 Å². The maximum Gasteiger partial charge on any atom is 0.186 e. The fourth-order valence-electron chi connectivity index (χ4n) is 2.54. The lowest BCUT2D eigenvalue weighted by Crippen LogP contribution is -2.62. The molecule has 2 saturated heterocycles. The van der Waals surface area contributed by atoms with Gasteiger partial charge in [-0.05, 0) is 0 Å². The zero-order valence-corrected chi connectivity index (χ0v) is 11.7. The number of ether oxygens (including phenoxy) is 3. The summed E-state index contributed by atoms with van der Waals surface area (Å²) in [7, 11) is 0. The predicted octanol–water partition coefficient (Wildman–Crippen LogP) is -4.37. The zero-order chi connectivity index (χ0) is 16.4. The smallest absolute Gasteiger partial charge is 0.186 e. The molecule has 0 bridgehead atoms. The van der Waals surface area contributed by atoms with Crippen molar-refractivity contribution >= 4 is 0 Å². The van der Waals surface area contributed by atoms with E-state index in [0.717, 1.165) is 0 Å². The Morgan fingerprint density at radius 3 is 2.14 bits per heavy atom. The average molecular weight is 326 g/mol. The van der Waals surface area contributed by atoms with Crippen LogP contribution in [0.5, 0.6) is 0 Å². The minimum absolute atomic E-state index is 0.00597. The molecule has 0 spiro atoms. The highest BCUT2D eigenvalue weighted by Crippen LogP contribution is 2.28. The van der Waals surface area contributed by atoms with E-state index in [1.807, 2.05) is 0 Å². The molecule has 7 N–H and O–H groups in total. The Hall–Kier alpha value is -0.400. The molecule has 0 aromatic rings. The van der Waals surface area contributed by atoms with Gasteiger partial charge in [0.2, 0.25) is 0 Å². The normalized spacial score (nSPS) is 50.0. The third-order valence-corrected chi connectivity index (χ3v) is 3.84. The van der Waals surface area contributed by atoms with Crippen molar-refractivity contribution in [3.8, 4) is 0 Å². The molecule has 2 rings (SSSR count). The highest BCUT2D eigenvalue weighted by Gasteiger charge is 2.48. The van der Waals surface area contributed by atoms with Gasteiger partial charge in [-0.1, -0.05) is 0 Å². The van der Waals surface area contributed by atoms with Crippen molar-refractivity contribution in [3.63, 3.8) is 0 Å². The first-order chi connectivity index (χ1) is 10.4. The molecule has 10 heteroatoms. The molecule has 2 heterocycles. The van der Waals surface area contributed by atoms with Gasteiger partial charge in [-0.25, -0.2) is 0 Å². The van der Waals surface area contributed by atoms with Crippen molar-refractivity contribution in [2.24, 2.45) is 0 Å². The second-order valence-electron chi connectivity index (χ2n) is 5.43. The van der Waals surface area contributed by atoms with Crippen LogP contribution in [0.2, 0.25) is 0 Å². The van der Waals surface area contributed by atoms with Gasteiger partial charge in [-0.3, -0.25) is 0 Å². The van der Waals surface area contributed by atoms with Gasteiger partial charge in [0.25, 0.3) is 0 Å². The summed E-state index contributed by atoms with van der Waals surface area (Å²) in [6.45, 7) is -1.03. The van der Waals surface area contributed by atoms with Crippen molar-refractivity contribution in [3.05, 3.63) is 0 Å². The van der Waals surface area contributed by atoms with Crippen molar-refractivity contribution in [2.45, 2.75) is 61.7 Å². The van der Waals surface area contributed by atoms with Crippen LogP contribution in [-0.4, -0.2) is 104 Å². The highest BCUT2D eigenvalue weighted by molar-refractivity contribution is 4.91. The van der Waals surface area contributed by atoms with Crippen molar-refractivity contribution in [1.82, 2.24) is 0 Å². The highest BCUT2D eigenvalue weighted by atomic mass is 16.7. The van der Waals surface area contributed by atoms with E-state index in [9.17, 15) is 30.6 Å². The maximum atomic E-state index is 9.94. The van der Waals surface area contributed by atoms with Crippen LogP contribution >= 0.6 is 0 Å². The summed E-state index contributed by atoms with van der Waals surface area (Å²) in [5.41, 5.74) is 0. The van der Waals surface area contributed by atoms with Gasteiger partial charge in [0.1, 0.15) is 30.5 Å². The topological polar surface area (TPSA) is 169 Å². The van der Waals surface area contributed by atoms with Crippen LogP contribution in [0, 0.1) is 0 Å². The summed E-state index contributed by atoms with van der Waals surface area (Å²) in [6, 6.07) is 0. The minimum atomic E-state index is -1.69. The van der Waals surface area contributed by atoms with Gasteiger partial charge in [-0.15, -0.1) is 0 Å². The third kappa shape index (κ3) is 3.57. The van der Waals surface area contributed by atoms with Gasteiger partial charge < -0.3 is 50.0 Å².